The van der Waals surface area contributed by atoms with E-state index in [0.717, 1.165) is 87.0 Å². The van der Waals surface area contributed by atoms with Gasteiger partial charge in [-0.15, -0.1) is 0 Å². The Morgan fingerprint density at radius 2 is 0.625 bits per heavy atom. The summed E-state index contributed by atoms with van der Waals surface area (Å²) < 4.78 is 0. The standard InChI is InChI=1S/C36H20N4/c1-5-23-6-2-21(1)29-17-27-11-12-28-18-30(20-38-34(28)33(27)37-19-29)22-3-7-24(8-4-22)32-16-14-26-10-9-25-13-15-31(23)39-35(25)36(26)40-32/h1-20H. The van der Waals surface area contributed by atoms with Gasteiger partial charge in [0, 0.05) is 55.5 Å². The Bertz CT molecular complexity index is 2330. The molecule has 13 heterocycles. The molecule has 0 spiro atoms. The summed E-state index contributed by atoms with van der Waals surface area (Å²) >= 11 is 0. The van der Waals surface area contributed by atoms with E-state index < -0.39 is 0 Å². The molecule has 0 radical (unpaired) electrons. The molecule has 0 saturated heterocycles. The number of rotatable bonds is 0. The zero-order valence-corrected chi connectivity index (χ0v) is 21.3. The fraction of sp³-hybridized carbons (Fsp3) is 0. The molecule has 184 valence electrons. The van der Waals surface area contributed by atoms with E-state index in [1.807, 2.05) is 12.4 Å². The van der Waals surface area contributed by atoms with Crippen LogP contribution in [0.5, 0.6) is 0 Å². The molecule has 0 unspecified atom stereocenters. The normalized spacial score (nSPS) is 12.0. The maximum absolute atomic E-state index is 5.12. The minimum Gasteiger partial charge on any atom is -0.253 e. The second-order valence-electron chi connectivity index (χ2n) is 10.4. The molecule has 14 bridgehead atoms. The Kier molecular flexibility index (Phi) is 4.30. The molecule has 4 heteroatoms. The summed E-state index contributed by atoms with van der Waals surface area (Å²) in [6, 6.07) is 38.5. The molecule has 0 aliphatic rings. The van der Waals surface area contributed by atoms with Crippen LogP contribution in [-0.4, -0.2) is 19.9 Å². The summed E-state index contributed by atoms with van der Waals surface area (Å²) in [5, 5.41) is 10.8. The summed E-state index contributed by atoms with van der Waals surface area (Å²) in [5.74, 6) is 0. The Morgan fingerprint density at radius 1 is 0.275 bits per heavy atom. The average molecular weight is 509 g/mol. The van der Waals surface area contributed by atoms with E-state index in [0.29, 0.717) is 0 Å². The SMILES string of the molecule is c1cc2ccc1c1cnc3c(ccc4cc(cnc43)c3ccc(cc3)c3ccc4ccc5ccc2nc5c4n3)c1. The Morgan fingerprint density at radius 3 is 1.07 bits per heavy atom. The van der Waals surface area contributed by atoms with Gasteiger partial charge in [0.05, 0.1) is 33.1 Å². The van der Waals surface area contributed by atoms with Gasteiger partial charge in [-0.25, -0.2) is 9.97 Å². The summed E-state index contributed by atoms with van der Waals surface area (Å²) in [5.41, 5.74) is 5.52. The molecule has 13 aromatic heterocycles. The van der Waals surface area contributed by atoms with Crippen LogP contribution in [0.4, 0.5) is 0 Å². The Labute approximate surface area is 228 Å². The van der Waals surface area contributed by atoms with Gasteiger partial charge in [0.25, 0.3) is 0 Å². The number of nitrogens with zero attached hydrogens (tertiary/aromatic N) is 4. The number of aromatic nitrogens is 4. The monoisotopic (exact) mass is 508 g/mol. The van der Waals surface area contributed by atoms with E-state index in [4.69, 9.17) is 19.9 Å². The van der Waals surface area contributed by atoms with Crippen LogP contribution in [0.3, 0.4) is 0 Å². The molecule has 17 rings (SSSR count). The van der Waals surface area contributed by atoms with Gasteiger partial charge in [-0.05, 0) is 35.0 Å². The molecule has 4 aromatic carbocycles. The number of benzene rings is 4. The fourth-order valence-electron chi connectivity index (χ4n) is 5.86. The summed E-state index contributed by atoms with van der Waals surface area (Å²) in [6.45, 7) is 0. The Balaban J connectivity index is 1.45. The largest absolute Gasteiger partial charge is 0.253 e. The van der Waals surface area contributed by atoms with Crippen molar-refractivity contribution in [1.29, 1.82) is 0 Å². The number of hydrogen-bond acceptors (Lipinski definition) is 4. The lowest BCUT2D eigenvalue weighted by Crippen LogP contribution is -1.87. The second kappa shape index (κ2) is 8.01. The highest BCUT2D eigenvalue weighted by Gasteiger charge is 2.07. The highest BCUT2D eigenvalue weighted by atomic mass is 14.8. The van der Waals surface area contributed by atoms with Crippen LogP contribution in [0, 0.1) is 0 Å². The third-order valence-electron chi connectivity index (χ3n) is 8.05. The molecule has 40 heavy (non-hydrogen) atoms. The summed E-state index contributed by atoms with van der Waals surface area (Å²) in [7, 11) is 0. The van der Waals surface area contributed by atoms with Crippen molar-refractivity contribution >= 4 is 87.0 Å². The van der Waals surface area contributed by atoms with Crippen LogP contribution in [-0.2, 0) is 0 Å². The molecule has 0 amide bonds. The Hall–Kier alpha value is -5.48. The quantitative estimate of drug-likeness (QED) is 0.192. The van der Waals surface area contributed by atoms with Crippen molar-refractivity contribution in [2.45, 2.75) is 0 Å². The third-order valence-corrected chi connectivity index (χ3v) is 8.05. The zero-order valence-electron chi connectivity index (χ0n) is 21.3. The zero-order chi connectivity index (χ0) is 26.2. The van der Waals surface area contributed by atoms with E-state index in [-0.39, 0.29) is 0 Å². The molecule has 0 saturated carbocycles. The number of pyridine rings is 4. The van der Waals surface area contributed by atoms with Crippen LogP contribution in [0.2, 0.25) is 0 Å². The van der Waals surface area contributed by atoms with Crippen molar-refractivity contribution in [3.05, 3.63) is 122 Å². The van der Waals surface area contributed by atoms with Gasteiger partial charge < -0.3 is 0 Å². The fourth-order valence-corrected chi connectivity index (χ4v) is 5.86. The molecule has 17 aromatic rings. The van der Waals surface area contributed by atoms with Gasteiger partial charge in [0.15, 0.2) is 0 Å². The first kappa shape index (κ1) is 21.5. The lowest BCUT2D eigenvalue weighted by atomic mass is 10.1. The third kappa shape index (κ3) is 3.20. The lowest BCUT2D eigenvalue weighted by molar-refractivity contribution is 1.40. The summed E-state index contributed by atoms with van der Waals surface area (Å²) in [4.78, 5) is 20.0. The van der Waals surface area contributed by atoms with Crippen molar-refractivity contribution in [3.8, 4) is 0 Å². The van der Waals surface area contributed by atoms with E-state index in [2.05, 4.69) is 109 Å². The maximum Gasteiger partial charge on any atom is 0.0972 e. The minimum absolute atomic E-state index is 0.914. The first-order chi connectivity index (χ1) is 19.8. The maximum atomic E-state index is 5.12. The van der Waals surface area contributed by atoms with Crippen LogP contribution in [0.1, 0.15) is 0 Å². The molecule has 0 N–H and O–H groups in total. The first-order valence-corrected chi connectivity index (χ1v) is 13.4. The van der Waals surface area contributed by atoms with Crippen molar-refractivity contribution in [3.63, 3.8) is 0 Å². The van der Waals surface area contributed by atoms with Crippen molar-refractivity contribution in [2.75, 3.05) is 0 Å². The van der Waals surface area contributed by atoms with Crippen molar-refractivity contribution in [1.82, 2.24) is 19.9 Å². The average Bonchev–Trinajstić information content (AvgIpc) is 3.03. The van der Waals surface area contributed by atoms with Gasteiger partial charge in [-0.3, -0.25) is 9.97 Å². The van der Waals surface area contributed by atoms with Crippen LogP contribution in [0.15, 0.2) is 122 Å². The van der Waals surface area contributed by atoms with E-state index in [9.17, 15) is 0 Å². The molecule has 0 fully saturated rings. The van der Waals surface area contributed by atoms with Gasteiger partial charge in [0.2, 0.25) is 0 Å². The predicted molar refractivity (Wildman–Crippen MR) is 166 cm³/mol. The highest BCUT2D eigenvalue weighted by molar-refractivity contribution is 6.08. The lowest BCUT2D eigenvalue weighted by Gasteiger charge is -2.06. The topological polar surface area (TPSA) is 51.6 Å². The molecular weight excluding hydrogens is 488 g/mol. The van der Waals surface area contributed by atoms with E-state index in [1.54, 1.807) is 0 Å². The summed E-state index contributed by atoms with van der Waals surface area (Å²) in [6.07, 6.45) is 3.89. The van der Waals surface area contributed by atoms with Crippen molar-refractivity contribution in [2.24, 2.45) is 0 Å². The molecule has 0 aliphatic carbocycles. The van der Waals surface area contributed by atoms with Gasteiger partial charge in [-0.1, -0.05) is 84.9 Å². The van der Waals surface area contributed by atoms with E-state index in [1.165, 1.54) is 0 Å². The predicted octanol–water partition coefficient (Wildman–Crippen LogP) is 9.05. The molecule has 4 nitrogen and oxygen atoms in total. The first-order valence-electron chi connectivity index (χ1n) is 13.4. The van der Waals surface area contributed by atoms with Gasteiger partial charge in [-0.2, -0.15) is 0 Å². The number of hydrogen-bond donors (Lipinski definition) is 0. The van der Waals surface area contributed by atoms with Crippen LogP contribution in [0.25, 0.3) is 87.0 Å². The minimum atomic E-state index is 0.914. The molecular formula is C36H20N4. The van der Waals surface area contributed by atoms with Crippen LogP contribution >= 0.6 is 0 Å². The highest BCUT2D eigenvalue weighted by Crippen LogP contribution is 2.29. The van der Waals surface area contributed by atoms with Gasteiger partial charge in [0.1, 0.15) is 0 Å². The van der Waals surface area contributed by atoms with Gasteiger partial charge >= 0.3 is 0 Å². The second-order valence-corrected chi connectivity index (χ2v) is 10.4. The molecule has 0 atom stereocenters. The molecule has 0 aliphatic heterocycles. The smallest absolute Gasteiger partial charge is 0.0972 e. The van der Waals surface area contributed by atoms with Crippen molar-refractivity contribution < 1.29 is 0 Å². The van der Waals surface area contributed by atoms with Crippen LogP contribution < -0.4 is 0 Å². The van der Waals surface area contributed by atoms with E-state index >= 15 is 0 Å².